The molecule has 0 aliphatic heterocycles. The van der Waals surface area contributed by atoms with Crippen molar-refractivity contribution in [1.29, 1.82) is 5.26 Å². The van der Waals surface area contributed by atoms with Crippen molar-refractivity contribution in [1.82, 2.24) is 5.32 Å². The smallest absolute Gasteiger partial charge is 0.109 e. The van der Waals surface area contributed by atoms with E-state index in [0.717, 1.165) is 32.3 Å². The Labute approximate surface area is 118 Å². The van der Waals surface area contributed by atoms with E-state index in [4.69, 9.17) is 4.74 Å². The summed E-state index contributed by atoms with van der Waals surface area (Å²) in [6.07, 6.45) is 9.27. The van der Waals surface area contributed by atoms with Crippen molar-refractivity contribution in [3.05, 3.63) is 0 Å². The lowest BCUT2D eigenvalue weighted by atomic mass is 9.81. The molecule has 0 aromatic rings. The number of nitrogens with one attached hydrogen (secondary N) is 1. The molecule has 0 amide bonds. The zero-order valence-corrected chi connectivity index (χ0v) is 12.9. The Bertz CT molecular complexity index is 287. The third-order valence-electron chi connectivity index (χ3n) is 4.51. The second-order valence-electron chi connectivity index (χ2n) is 5.91. The molecule has 0 aromatic carbocycles. The molecule has 0 radical (unpaired) electrons. The standard InChI is InChI=1S/C16H30N2O/c1-4-6-8-14(5-2)12-19-15-9-7-10-16(11-15,13-17)18-3/h14-15,18H,4-12H2,1-3H3. The first-order chi connectivity index (χ1) is 9.19. The predicted molar refractivity (Wildman–Crippen MR) is 78.9 cm³/mol. The van der Waals surface area contributed by atoms with Gasteiger partial charge < -0.3 is 10.1 Å². The van der Waals surface area contributed by atoms with Crippen molar-refractivity contribution in [3.63, 3.8) is 0 Å². The van der Waals surface area contributed by atoms with Gasteiger partial charge in [-0.05, 0) is 38.6 Å². The Kier molecular flexibility index (Phi) is 7.41. The zero-order chi connectivity index (χ0) is 14.1. The van der Waals surface area contributed by atoms with Crippen LogP contribution in [-0.4, -0.2) is 25.3 Å². The van der Waals surface area contributed by atoms with Crippen molar-refractivity contribution in [3.8, 4) is 6.07 Å². The molecule has 1 aliphatic carbocycles. The van der Waals surface area contributed by atoms with Gasteiger partial charge in [0.2, 0.25) is 0 Å². The van der Waals surface area contributed by atoms with Crippen molar-refractivity contribution in [2.24, 2.45) is 5.92 Å². The first-order valence-corrected chi connectivity index (χ1v) is 7.91. The molecule has 1 saturated carbocycles. The van der Waals surface area contributed by atoms with Crippen LogP contribution in [0, 0.1) is 17.2 Å². The first-order valence-electron chi connectivity index (χ1n) is 7.91. The molecule has 3 unspecified atom stereocenters. The number of hydrogen-bond acceptors (Lipinski definition) is 3. The highest BCUT2D eigenvalue weighted by molar-refractivity contribution is 5.09. The maximum atomic E-state index is 9.33. The minimum Gasteiger partial charge on any atom is -0.378 e. The van der Waals surface area contributed by atoms with Crippen LogP contribution in [0.15, 0.2) is 0 Å². The average molecular weight is 266 g/mol. The Morgan fingerprint density at radius 1 is 1.47 bits per heavy atom. The van der Waals surface area contributed by atoms with E-state index in [9.17, 15) is 5.26 Å². The van der Waals surface area contributed by atoms with Crippen LogP contribution in [0.25, 0.3) is 0 Å². The van der Waals surface area contributed by atoms with Gasteiger partial charge in [-0.1, -0.05) is 33.1 Å². The van der Waals surface area contributed by atoms with E-state index in [1.54, 1.807) is 0 Å². The highest BCUT2D eigenvalue weighted by atomic mass is 16.5. The molecule has 1 rings (SSSR count). The topological polar surface area (TPSA) is 45.0 Å². The van der Waals surface area contributed by atoms with E-state index in [0.29, 0.717) is 5.92 Å². The molecule has 0 bridgehead atoms. The Balaban J connectivity index is 2.38. The van der Waals surface area contributed by atoms with Gasteiger partial charge in [0.05, 0.1) is 12.2 Å². The molecule has 1 aliphatic rings. The van der Waals surface area contributed by atoms with Crippen LogP contribution in [0.4, 0.5) is 0 Å². The van der Waals surface area contributed by atoms with Crippen LogP contribution in [-0.2, 0) is 4.74 Å². The number of nitriles is 1. The fourth-order valence-corrected chi connectivity index (χ4v) is 2.92. The molecular weight excluding hydrogens is 236 g/mol. The van der Waals surface area contributed by atoms with Gasteiger partial charge in [-0.3, -0.25) is 0 Å². The lowest BCUT2D eigenvalue weighted by Crippen LogP contribution is -2.47. The second kappa shape index (κ2) is 8.55. The van der Waals surface area contributed by atoms with Gasteiger partial charge in [-0.15, -0.1) is 0 Å². The number of rotatable bonds is 8. The van der Waals surface area contributed by atoms with Crippen LogP contribution in [0.2, 0.25) is 0 Å². The van der Waals surface area contributed by atoms with E-state index in [1.165, 1.54) is 25.7 Å². The van der Waals surface area contributed by atoms with Crippen LogP contribution in [0.1, 0.15) is 65.2 Å². The third-order valence-corrected chi connectivity index (χ3v) is 4.51. The number of ether oxygens (including phenoxy) is 1. The highest BCUT2D eigenvalue weighted by Gasteiger charge is 2.35. The van der Waals surface area contributed by atoms with Crippen molar-refractivity contribution in [2.75, 3.05) is 13.7 Å². The fourth-order valence-electron chi connectivity index (χ4n) is 2.92. The normalized spacial score (nSPS) is 28.8. The molecule has 0 heterocycles. The summed E-state index contributed by atoms with van der Waals surface area (Å²) in [7, 11) is 1.89. The molecule has 3 nitrogen and oxygen atoms in total. The molecule has 3 heteroatoms. The minimum atomic E-state index is -0.353. The number of hydrogen-bond donors (Lipinski definition) is 1. The summed E-state index contributed by atoms with van der Waals surface area (Å²) in [4.78, 5) is 0. The van der Waals surface area contributed by atoms with Crippen LogP contribution < -0.4 is 5.32 Å². The molecule has 19 heavy (non-hydrogen) atoms. The van der Waals surface area contributed by atoms with Crippen LogP contribution in [0.5, 0.6) is 0 Å². The summed E-state index contributed by atoms with van der Waals surface area (Å²) in [5.74, 6) is 0.688. The highest BCUT2D eigenvalue weighted by Crippen LogP contribution is 2.30. The lowest BCUT2D eigenvalue weighted by Gasteiger charge is -2.35. The molecular formula is C16H30N2O. The average Bonchev–Trinajstić information content (AvgIpc) is 2.47. The first kappa shape index (κ1) is 16.5. The Morgan fingerprint density at radius 3 is 2.84 bits per heavy atom. The summed E-state index contributed by atoms with van der Waals surface area (Å²) in [6.45, 7) is 5.35. The quantitative estimate of drug-likeness (QED) is 0.729. The largest absolute Gasteiger partial charge is 0.378 e. The Hall–Kier alpha value is -0.590. The van der Waals surface area contributed by atoms with Crippen LogP contribution >= 0.6 is 0 Å². The van der Waals surface area contributed by atoms with Gasteiger partial charge in [-0.25, -0.2) is 0 Å². The SMILES string of the molecule is CCCCC(CC)COC1CCCC(C#N)(NC)C1. The van der Waals surface area contributed by atoms with E-state index in [-0.39, 0.29) is 11.6 Å². The maximum Gasteiger partial charge on any atom is 0.109 e. The molecule has 1 N–H and O–H groups in total. The summed E-state index contributed by atoms with van der Waals surface area (Å²) >= 11 is 0. The fraction of sp³-hybridized carbons (Fsp3) is 0.938. The molecule has 3 atom stereocenters. The maximum absolute atomic E-state index is 9.33. The van der Waals surface area contributed by atoms with Gasteiger partial charge >= 0.3 is 0 Å². The summed E-state index contributed by atoms with van der Waals surface area (Å²) in [5, 5.41) is 12.5. The van der Waals surface area contributed by atoms with Crippen molar-refractivity contribution >= 4 is 0 Å². The van der Waals surface area contributed by atoms with Gasteiger partial charge in [0.25, 0.3) is 0 Å². The van der Waals surface area contributed by atoms with E-state index in [1.807, 2.05) is 7.05 Å². The minimum absolute atomic E-state index is 0.261. The monoisotopic (exact) mass is 266 g/mol. The second-order valence-corrected chi connectivity index (χ2v) is 5.91. The molecule has 0 spiro atoms. The predicted octanol–water partition coefficient (Wildman–Crippen LogP) is 3.64. The van der Waals surface area contributed by atoms with Crippen LogP contribution in [0.3, 0.4) is 0 Å². The van der Waals surface area contributed by atoms with Gasteiger partial charge in [0, 0.05) is 13.0 Å². The van der Waals surface area contributed by atoms with Gasteiger partial charge in [0.1, 0.15) is 5.54 Å². The number of unbranched alkanes of at least 4 members (excludes halogenated alkanes) is 1. The Morgan fingerprint density at radius 2 is 2.26 bits per heavy atom. The summed E-state index contributed by atoms with van der Waals surface area (Å²) in [5.41, 5.74) is -0.353. The zero-order valence-electron chi connectivity index (χ0n) is 12.9. The molecule has 110 valence electrons. The van der Waals surface area contributed by atoms with E-state index >= 15 is 0 Å². The number of nitrogens with zero attached hydrogens (tertiary/aromatic N) is 1. The van der Waals surface area contributed by atoms with E-state index < -0.39 is 0 Å². The van der Waals surface area contributed by atoms with Gasteiger partial charge in [0.15, 0.2) is 0 Å². The molecule has 0 aromatic heterocycles. The lowest BCUT2D eigenvalue weighted by molar-refractivity contribution is -0.00962. The molecule has 1 fully saturated rings. The molecule has 0 saturated heterocycles. The van der Waals surface area contributed by atoms with E-state index in [2.05, 4.69) is 25.2 Å². The van der Waals surface area contributed by atoms with Crippen molar-refractivity contribution < 1.29 is 4.74 Å². The summed E-state index contributed by atoms with van der Waals surface area (Å²) in [6, 6.07) is 2.44. The van der Waals surface area contributed by atoms with Crippen molar-refractivity contribution in [2.45, 2.75) is 76.9 Å². The van der Waals surface area contributed by atoms with Gasteiger partial charge in [-0.2, -0.15) is 5.26 Å². The third kappa shape index (κ3) is 5.12. The summed E-state index contributed by atoms with van der Waals surface area (Å²) < 4.78 is 6.10.